The summed E-state index contributed by atoms with van der Waals surface area (Å²) in [4.78, 5) is 15.2. The Morgan fingerprint density at radius 2 is 1.83 bits per heavy atom. The summed E-state index contributed by atoms with van der Waals surface area (Å²) in [5.74, 6) is 1.31. The number of nitrogens with zero attached hydrogens (tertiary/aromatic N) is 2. The fraction of sp³-hybridized carbons (Fsp3) is 0.308. The largest absolute Gasteiger partial charge is 0.426 e. The van der Waals surface area contributed by atoms with Gasteiger partial charge in [0.15, 0.2) is 0 Å². The molecule has 5 heteroatoms. The van der Waals surface area contributed by atoms with E-state index in [1.54, 1.807) is 6.92 Å². The highest BCUT2D eigenvalue weighted by atomic mass is 16.5. The van der Waals surface area contributed by atoms with Gasteiger partial charge in [0.25, 0.3) is 0 Å². The van der Waals surface area contributed by atoms with E-state index < -0.39 is 0 Å². The molecular formula is C13H14N2O3. The maximum atomic E-state index is 11.0. The standard InChI is InChI=1S/C13H14N2O3/c1-7-5-11(13-14-9(3)18-15-13)6-8(2)12(7)17-10(4)16/h5-6H,1-4H3. The Labute approximate surface area is 105 Å². The lowest BCUT2D eigenvalue weighted by atomic mass is 10.1. The van der Waals surface area contributed by atoms with E-state index >= 15 is 0 Å². The van der Waals surface area contributed by atoms with Gasteiger partial charge in [0, 0.05) is 19.4 Å². The zero-order valence-corrected chi connectivity index (χ0v) is 10.8. The van der Waals surface area contributed by atoms with E-state index in [1.807, 2.05) is 26.0 Å². The van der Waals surface area contributed by atoms with Crippen molar-refractivity contribution in [2.75, 3.05) is 0 Å². The third-order valence-corrected chi connectivity index (χ3v) is 2.49. The van der Waals surface area contributed by atoms with Gasteiger partial charge in [0.05, 0.1) is 0 Å². The fourth-order valence-corrected chi connectivity index (χ4v) is 1.80. The van der Waals surface area contributed by atoms with Crippen LogP contribution in [-0.2, 0) is 4.79 Å². The molecule has 0 saturated carbocycles. The summed E-state index contributed by atoms with van der Waals surface area (Å²) < 4.78 is 10.1. The van der Waals surface area contributed by atoms with Crippen molar-refractivity contribution >= 4 is 5.97 Å². The third kappa shape index (κ3) is 2.40. The molecule has 0 amide bonds. The molecular weight excluding hydrogens is 232 g/mol. The third-order valence-electron chi connectivity index (χ3n) is 2.49. The fourth-order valence-electron chi connectivity index (χ4n) is 1.80. The van der Waals surface area contributed by atoms with Gasteiger partial charge in [-0.15, -0.1) is 0 Å². The van der Waals surface area contributed by atoms with E-state index in [0.29, 0.717) is 17.5 Å². The Balaban J connectivity index is 2.45. The van der Waals surface area contributed by atoms with Crippen LogP contribution in [0.4, 0.5) is 0 Å². The van der Waals surface area contributed by atoms with Crippen molar-refractivity contribution in [3.63, 3.8) is 0 Å². The molecule has 1 aromatic heterocycles. The number of aromatic nitrogens is 2. The Hall–Kier alpha value is -2.17. The van der Waals surface area contributed by atoms with Gasteiger partial charge in [-0.3, -0.25) is 4.79 Å². The van der Waals surface area contributed by atoms with Gasteiger partial charge >= 0.3 is 5.97 Å². The van der Waals surface area contributed by atoms with Crippen molar-refractivity contribution in [3.05, 3.63) is 29.2 Å². The van der Waals surface area contributed by atoms with Crippen LogP contribution in [0.15, 0.2) is 16.7 Å². The van der Waals surface area contributed by atoms with E-state index in [2.05, 4.69) is 10.1 Å². The minimum Gasteiger partial charge on any atom is -0.426 e. The number of aryl methyl sites for hydroxylation is 3. The highest BCUT2D eigenvalue weighted by molar-refractivity contribution is 5.71. The summed E-state index contributed by atoms with van der Waals surface area (Å²) in [7, 11) is 0. The zero-order valence-electron chi connectivity index (χ0n) is 10.8. The van der Waals surface area contributed by atoms with Crippen LogP contribution in [-0.4, -0.2) is 16.1 Å². The maximum absolute atomic E-state index is 11.0. The first-order valence-corrected chi connectivity index (χ1v) is 5.57. The normalized spacial score (nSPS) is 10.4. The van der Waals surface area contributed by atoms with Gasteiger partial charge < -0.3 is 9.26 Å². The molecule has 0 spiro atoms. The van der Waals surface area contributed by atoms with E-state index in [9.17, 15) is 4.79 Å². The molecule has 0 saturated heterocycles. The summed E-state index contributed by atoms with van der Waals surface area (Å²) in [6.07, 6.45) is 0. The summed E-state index contributed by atoms with van der Waals surface area (Å²) in [5, 5.41) is 3.86. The van der Waals surface area contributed by atoms with Crippen molar-refractivity contribution in [2.24, 2.45) is 0 Å². The monoisotopic (exact) mass is 246 g/mol. The smallest absolute Gasteiger partial charge is 0.308 e. The molecule has 0 atom stereocenters. The van der Waals surface area contributed by atoms with Gasteiger partial charge in [0.1, 0.15) is 5.75 Å². The lowest BCUT2D eigenvalue weighted by Crippen LogP contribution is -2.04. The first kappa shape index (κ1) is 12.3. The van der Waals surface area contributed by atoms with Crippen molar-refractivity contribution in [1.82, 2.24) is 10.1 Å². The summed E-state index contributed by atoms with van der Waals surface area (Å²) in [6.45, 7) is 6.88. The summed E-state index contributed by atoms with van der Waals surface area (Å²) >= 11 is 0. The molecule has 0 aliphatic rings. The van der Waals surface area contributed by atoms with Crippen LogP contribution in [0, 0.1) is 20.8 Å². The minimum atomic E-state index is -0.329. The Morgan fingerprint density at radius 1 is 1.22 bits per heavy atom. The van der Waals surface area contributed by atoms with Gasteiger partial charge in [0.2, 0.25) is 11.7 Å². The van der Waals surface area contributed by atoms with Gasteiger partial charge in [-0.2, -0.15) is 4.98 Å². The number of benzene rings is 1. The first-order chi connectivity index (χ1) is 8.47. The predicted octanol–water partition coefficient (Wildman–Crippen LogP) is 2.59. The number of rotatable bonds is 2. The van der Waals surface area contributed by atoms with Crippen LogP contribution >= 0.6 is 0 Å². The molecule has 1 heterocycles. The average Bonchev–Trinajstić information content (AvgIpc) is 2.70. The van der Waals surface area contributed by atoms with Crippen LogP contribution in [0.1, 0.15) is 23.9 Å². The molecule has 94 valence electrons. The number of carbonyl (C=O) groups excluding carboxylic acids is 1. The van der Waals surface area contributed by atoms with E-state index in [1.165, 1.54) is 6.92 Å². The molecule has 5 nitrogen and oxygen atoms in total. The number of ether oxygens (including phenoxy) is 1. The van der Waals surface area contributed by atoms with E-state index in [4.69, 9.17) is 9.26 Å². The van der Waals surface area contributed by atoms with Crippen molar-refractivity contribution in [3.8, 4) is 17.1 Å². The molecule has 0 bridgehead atoms. The van der Waals surface area contributed by atoms with Crippen molar-refractivity contribution in [2.45, 2.75) is 27.7 Å². The average molecular weight is 246 g/mol. The van der Waals surface area contributed by atoms with Gasteiger partial charge in [-0.1, -0.05) is 5.16 Å². The lowest BCUT2D eigenvalue weighted by Gasteiger charge is -2.10. The van der Waals surface area contributed by atoms with Crippen LogP contribution in [0.5, 0.6) is 5.75 Å². The molecule has 0 aliphatic heterocycles. The molecule has 2 rings (SSSR count). The number of esters is 1. The van der Waals surface area contributed by atoms with Crippen LogP contribution in [0.2, 0.25) is 0 Å². The summed E-state index contributed by atoms with van der Waals surface area (Å²) in [6, 6.07) is 3.74. The second-order valence-electron chi connectivity index (χ2n) is 4.17. The van der Waals surface area contributed by atoms with Crippen LogP contribution < -0.4 is 4.74 Å². The molecule has 2 aromatic rings. The highest BCUT2D eigenvalue weighted by Crippen LogP contribution is 2.29. The van der Waals surface area contributed by atoms with Crippen LogP contribution in [0.3, 0.4) is 0 Å². The number of carbonyl (C=O) groups is 1. The Morgan fingerprint density at radius 3 is 2.28 bits per heavy atom. The molecule has 0 N–H and O–H groups in total. The second kappa shape index (κ2) is 4.60. The first-order valence-electron chi connectivity index (χ1n) is 5.57. The molecule has 0 radical (unpaired) electrons. The highest BCUT2D eigenvalue weighted by Gasteiger charge is 2.12. The van der Waals surface area contributed by atoms with Crippen molar-refractivity contribution < 1.29 is 14.1 Å². The Bertz CT molecular complexity index is 579. The summed E-state index contributed by atoms with van der Waals surface area (Å²) in [5.41, 5.74) is 2.57. The van der Waals surface area contributed by atoms with E-state index in [0.717, 1.165) is 16.7 Å². The van der Waals surface area contributed by atoms with Crippen molar-refractivity contribution in [1.29, 1.82) is 0 Å². The lowest BCUT2D eigenvalue weighted by molar-refractivity contribution is -0.131. The number of hydrogen-bond acceptors (Lipinski definition) is 5. The molecule has 18 heavy (non-hydrogen) atoms. The molecule has 0 fully saturated rings. The Kier molecular flexibility index (Phi) is 3.14. The zero-order chi connectivity index (χ0) is 13.3. The van der Waals surface area contributed by atoms with Gasteiger partial charge in [-0.25, -0.2) is 0 Å². The van der Waals surface area contributed by atoms with Gasteiger partial charge in [-0.05, 0) is 37.1 Å². The predicted molar refractivity (Wildman–Crippen MR) is 65.3 cm³/mol. The van der Waals surface area contributed by atoms with E-state index in [-0.39, 0.29) is 5.97 Å². The molecule has 1 aromatic carbocycles. The maximum Gasteiger partial charge on any atom is 0.308 e. The molecule has 0 unspecified atom stereocenters. The molecule has 0 aliphatic carbocycles. The second-order valence-corrected chi connectivity index (χ2v) is 4.17. The topological polar surface area (TPSA) is 65.2 Å². The minimum absolute atomic E-state index is 0.329. The quantitative estimate of drug-likeness (QED) is 0.602. The number of hydrogen-bond donors (Lipinski definition) is 0. The SMILES string of the molecule is CC(=O)Oc1c(C)cc(-c2noc(C)n2)cc1C. The van der Waals surface area contributed by atoms with Crippen LogP contribution in [0.25, 0.3) is 11.4 Å².